The largest absolute Gasteiger partial charge is 0.372 e. The van der Waals surface area contributed by atoms with Crippen LogP contribution in [0.1, 0.15) is 39.5 Å². The molecule has 0 radical (unpaired) electrons. The number of nitrogens with zero attached hydrogens (tertiary/aromatic N) is 1. The van der Waals surface area contributed by atoms with Gasteiger partial charge < -0.3 is 10.5 Å². The van der Waals surface area contributed by atoms with Crippen LogP contribution in [0, 0.1) is 11.8 Å². The first-order valence-corrected chi connectivity index (χ1v) is 7.25. The van der Waals surface area contributed by atoms with Crippen molar-refractivity contribution >= 4 is 0 Å². The molecule has 2 aliphatic heterocycles. The number of rotatable bonds is 6. The van der Waals surface area contributed by atoms with Gasteiger partial charge in [0.05, 0.1) is 12.2 Å². The quantitative estimate of drug-likeness (QED) is 0.770. The highest BCUT2D eigenvalue weighted by molar-refractivity contribution is 4.85. The average Bonchev–Trinajstić information content (AvgIpc) is 2.63. The molecule has 3 nitrogen and oxygen atoms in total. The highest BCUT2D eigenvalue weighted by Gasteiger charge is 2.33. The van der Waals surface area contributed by atoms with Gasteiger partial charge in [-0.25, -0.2) is 0 Å². The molecule has 100 valence electrons. The standard InChI is InChI=1S/C14H28N2O/c1-11(2)7-12(8-15)5-6-16-9-13-3-4-14(10-16)17-13/h11-14H,3-10,15H2,1-2H3. The van der Waals surface area contributed by atoms with Gasteiger partial charge in [0.25, 0.3) is 0 Å². The summed E-state index contributed by atoms with van der Waals surface area (Å²) < 4.78 is 5.86. The Kier molecular flexibility index (Phi) is 4.83. The summed E-state index contributed by atoms with van der Waals surface area (Å²) in [6, 6.07) is 0. The second-order valence-corrected chi connectivity index (χ2v) is 6.24. The van der Waals surface area contributed by atoms with E-state index in [-0.39, 0.29) is 0 Å². The third kappa shape index (κ3) is 3.94. The van der Waals surface area contributed by atoms with E-state index in [0.29, 0.717) is 18.1 Å². The SMILES string of the molecule is CC(C)CC(CN)CCN1CC2CCC(C1)O2. The van der Waals surface area contributed by atoms with Crippen LogP contribution in [0.25, 0.3) is 0 Å². The maximum Gasteiger partial charge on any atom is 0.0707 e. The molecular weight excluding hydrogens is 212 g/mol. The van der Waals surface area contributed by atoms with Crippen LogP contribution in [0.15, 0.2) is 0 Å². The van der Waals surface area contributed by atoms with Crippen molar-refractivity contribution in [1.82, 2.24) is 4.90 Å². The van der Waals surface area contributed by atoms with Crippen molar-refractivity contribution in [3.63, 3.8) is 0 Å². The van der Waals surface area contributed by atoms with Gasteiger partial charge in [0, 0.05) is 13.1 Å². The smallest absolute Gasteiger partial charge is 0.0707 e. The summed E-state index contributed by atoms with van der Waals surface area (Å²) in [6.07, 6.45) is 6.12. The zero-order valence-corrected chi connectivity index (χ0v) is 11.4. The van der Waals surface area contributed by atoms with E-state index in [1.807, 2.05) is 0 Å². The van der Waals surface area contributed by atoms with Crippen LogP contribution in [0.2, 0.25) is 0 Å². The van der Waals surface area contributed by atoms with Crippen molar-refractivity contribution in [1.29, 1.82) is 0 Å². The molecule has 3 atom stereocenters. The van der Waals surface area contributed by atoms with E-state index >= 15 is 0 Å². The molecule has 2 heterocycles. The maximum absolute atomic E-state index is 5.86. The number of hydrogen-bond acceptors (Lipinski definition) is 3. The Bertz CT molecular complexity index is 220. The number of ether oxygens (including phenoxy) is 1. The molecule has 17 heavy (non-hydrogen) atoms. The van der Waals surface area contributed by atoms with E-state index in [1.165, 1.54) is 32.2 Å². The lowest BCUT2D eigenvalue weighted by Crippen LogP contribution is -2.43. The Labute approximate surface area is 106 Å². The molecule has 0 aromatic rings. The molecule has 2 rings (SSSR count). The Morgan fingerprint density at radius 2 is 1.88 bits per heavy atom. The first kappa shape index (κ1) is 13.3. The predicted molar refractivity (Wildman–Crippen MR) is 71.0 cm³/mol. The molecule has 0 aromatic heterocycles. The minimum atomic E-state index is 0.523. The summed E-state index contributed by atoms with van der Waals surface area (Å²) in [4.78, 5) is 2.59. The topological polar surface area (TPSA) is 38.5 Å². The molecule has 0 saturated carbocycles. The van der Waals surface area contributed by atoms with E-state index in [2.05, 4.69) is 18.7 Å². The second kappa shape index (κ2) is 6.17. The van der Waals surface area contributed by atoms with Gasteiger partial charge in [-0.05, 0) is 50.6 Å². The average molecular weight is 240 g/mol. The molecular formula is C14H28N2O. The van der Waals surface area contributed by atoms with Crippen molar-refractivity contribution in [3.05, 3.63) is 0 Å². The molecule has 0 aliphatic carbocycles. The molecule has 2 aliphatic rings. The van der Waals surface area contributed by atoms with Crippen molar-refractivity contribution in [2.75, 3.05) is 26.2 Å². The fraction of sp³-hybridized carbons (Fsp3) is 1.00. The zero-order chi connectivity index (χ0) is 12.3. The molecule has 2 N–H and O–H groups in total. The van der Waals surface area contributed by atoms with Gasteiger partial charge in [-0.15, -0.1) is 0 Å². The minimum absolute atomic E-state index is 0.523. The minimum Gasteiger partial charge on any atom is -0.372 e. The summed E-state index contributed by atoms with van der Waals surface area (Å²) in [5.41, 5.74) is 5.86. The highest BCUT2D eigenvalue weighted by Crippen LogP contribution is 2.26. The molecule has 0 amide bonds. The number of fused-ring (bicyclic) bond motifs is 2. The van der Waals surface area contributed by atoms with Crippen molar-refractivity contribution in [3.8, 4) is 0 Å². The van der Waals surface area contributed by atoms with Gasteiger partial charge in [-0.1, -0.05) is 13.8 Å². The third-order valence-electron chi connectivity index (χ3n) is 4.11. The second-order valence-electron chi connectivity index (χ2n) is 6.24. The molecule has 3 unspecified atom stereocenters. The van der Waals surface area contributed by atoms with Crippen molar-refractivity contribution in [2.45, 2.75) is 51.7 Å². The van der Waals surface area contributed by atoms with Crippen LogP contribution in [-0.2, 0) is 4.74 Å². The third-order valence-corrected chi connectivity index (χ3v) is 4.11. The fourth-order valence-electron chi connectivity index (χ4n) is 3.25. The lowest BCUT2D eigenvalue weighted by atomic mass is 9.94. The lowest BCUT2D eigenvalue weighted by molar-refractivity contribution is -0.0396. The Balaban J connectivity index is 1.70. The Hall–Kier alpha value is -0.120. The summed E-state index contributed by atoms with van der Waals surface area (Å²) in [5, 5.41) is 0. The maximum atomic E-state index is 5.86. The molecule has 2 saturated heterocycles. The number of nitrogens with two attached hydrogens (primary N) is 1. The molecule has 2 bridgehead atoms. The Morgan fingerprint density at radius 1 is 1.24 bits per heavy atom. The van der Waals surface area contributed by atoms with Crippen LogP contribution in [0.5, 0.6) is 0 Å². The zero-order valence-electron chi connectivity index (χ0n) is 11.4. The van der Waals surface area contributed by atoms with E-state index in [1.54, 1.807) is 0 Å². The van der Waals surface area contributed by atoms with Crippen molar-refractivity contribution in [2.24, 2.45) is 17.6 Å². The summed E-state index contributed by atoms with van der Waals surface area (Å²) in [5.74, 6) is 1.47. The van der Waals surface area contributed by atoms with Gasteiger partial charge in [0.2, 0.25) is 0 Å². The van der Waals surface area contributed by atoms with Crippen LogP contribution in [0.3, 0.4) is 0 Å². The molecule has 3 heteroatoms. The van der Waals surface area contributed by atoms with Gasteiger partial charge in [0.1, 0.15) is 0 Å². The summed E-state index contributed by atoms with van der Waals surface area (Å²) in [6.45, 7) is 8.93. The normalized spacial score (nSPS) is 31.1. The number of morpholine rings is 1. The lowest BCUT2D eigenvalue weighted by Gasteiger charge is -2.33. The number of likely N-dealkylation sites (tertiary alicyclic amines) is 1. The van der Waals surface area contributed by atoms with Crippen LogP contribution in [-0.4, -0.2) is 43.3 Å². The first-order chi connectivity index (χ1) is 8.17. The summed E-state index contributed by atoms with van der Waals surface area (Å²) >= 11 is 0. The monoisotopic (exact) mass is 240 g/mol. The fourth-order valence-corrected chi connectivity index (χ4v) is 3.25. The van der Waals surface area contributed by atoms with Gasteiger partial charge in [-0.3, -0.25) is 4.90 Å². The van der Waals surface area contributed by atoms with E-state index < -0.39 is 0 Å². The van der Waals surface area contributed by atoms with Crippen LogP contribution >= 0.6 is 0 Å². The van der Waals surface area contributed by atoms with Crippen molar-refractivity contribution < 1.29 is 4.74 Å². The summed E-state index contributed by atoms with van der Waals surface area (Å²) in [7, 11) is 0. The van der Waals surface area contributed by atoms with Crippen LogP contribution in [0.4, 0.5) is 0 Å². The van der Waals surface area contributed by atoms with Gasteiger partial charge in [0.15, 0.2) is 0 Å². The number of hydrogen-bond donors (Lipinski definition) is 1. The van der Waals surface area contributed by atoms with E-state index in [4.69, 9.17) is 10.5 Å². The Morgan fingerprint density at radius 3 is 2.41 bits per heavy atom. The van der Waals surface area contributed by atoms with Crippen LogP contribution < -0.4 is 5.73 Å². The molecule has 0 aromatic carbocycles. The van der Waals surface area contributed by atoms with Gasteiger partial charge >= 0.3 is 0 Å². The van der Waals surface area contributed by atoms with E-state index in [9.17, 15) is 0 Å². The van der Waals surface area contributed by atoms with E-state index in [0.717, 1.165) is 25.6 Å². The molecule has 0 spiro atoms. The highest BCUT2D eigenvalue weighted by atomic mass is 16.5. The predicted octanol–water partition coefficient (Wildman–Crippen LogP) is 1.86. The first-order valence-electron chi connectivity index (χ1n) is 7.25. The molecule has 2 fully saturated rings. The van der Waals surface area contributed by atoms with Gasteiger partial charge in [-0.2, -0.15) is 0 Å².